The molecule has 0 saturated carbocycles. The minimum absolute atomic E-state index is 0.0704. The van der Waals surface area contributed by atoms with Crippen LogP contribution in [0, 0.1) is 23.3 Å². The average Bonchev–Trinajstić information content (AvgIpc) is 3.37. The smallest absolute Gasteiger partial charge is 0.311 e. The number of rotatable bonds is 21. The third-order valence-electron chi connectivity index (χ3n) is 16.0. The molecule has 1 aromatic rings. The van der Waals surface area contributed by atoms with Gasteiger partial charge in [0.25, 0.3) is 0 Å². The molecule has 0 unspecified atom stereocenters. The van der Waals surface area contributed by atoms with Crippen molar-refractivity contribution < 1.29 is 72.3 Å². The summed E-state index contributed by atoms with van der Waals surface area (Å²) in [5, 5.41) is 66.6. The van der Waals surface area contributed by atoms with Crippen LogP contribution in [0.3, 0.4) is 0 Å². The molecule has 0 spiro atoms. The number of aliphatic hydroxyl groups is 5. The molecule has 21 heteroatoms. The molecule has 432 valence electrons. The first-order valence-corrected chi connectivity index (χ1v) is 27.7. The molecule has 3 fully saturated rings. The van der Waals surface area contributed by atoms with Crippen LogP contribution in [0.25, 0.3) is 0 Å². The van der Waals surface area contributed by atoms with Crippen molar-refractivity contribution in [2.45, 2.75) is 215 Å². The number of esters is 1. The molecule has 0 bridgehead atoms. The molecule has 3 saturated heterocycles. The van der Waals surface area contributed by atoms with E-state index in [1.165, 1.54) is 27.3 Å². The quantitative estimate of drug-likeness (QED) is 0.0310. The van der Waals surface area contributed by atoms with Crippen LogP contribution >= 0.6 is 11.8 Å². The maximum Gasteiger partial charge on any atom is 0.311 e. The monoisotopic (exact) mass is 1090 g/mol. The number of hydrogen-bond donors (Lipinski definition) is 7. The van der Waals surface area contributed by atoms with E-state index in [-0.39, 0.29) is 38.3 Å². The first-order valence-electron chi connectivity index (χ1n) is 26.7. The average molecular weight is 1090 g/mol. The Hall–Kier alpha value is -2.48. The van der Waals surface area contributed by atoms with Crippen LogP contribution in [-0.4, -0.2) is 198 Å². The number of cyclic esters (lactones) is 1. The van der Waals surface area contributed by atoms with Crippen LogP contribution in [0.2, 0.25) is 0 Å². The van der Waals surface area contributed by atoms with Crippen LogP contribution in [0.5, 0.6) is 0 Å². The van der Waals surface area contributed by atoms with Gasteiger partial charge in [0, 0.05) is 75.0 Å². The van der Waals surface area contributed by atoms with Gasteiger partial charge in [-0.3, -0.25) is 9.18 Å². The molecule has 0 amide bonds. The summed E-state index contributed by atoms with van der Waals surface area (Å²) >= 11 is 1.54. The van der Waals surface area contributed by atoms with E-state index in [0.29, 0.717) is 37.4 Å². The van der Waals surface area contributed by atoms with Crippen LogP contribution < -0.4 is 5.32 Å². The minimum atomic E-state index is -1.86. The van der Waals surface area contributed by atoms with E-state index >= 15 is 0 Å². The Balaban J connectivity index is 1.65. The molecular formula is C54H93F2N5O13S. The number of alkyl halides is 2. The van der Waals surface area contributed by atoms with E-state index in [9.17, 15) is 39.1 Å². The number of carbonyl (C=O) groups excluding carboxylic acids is 1. The number of nitrogens with one attached hydrogen (secondary N) is 2. The van der Waals surface area contributed by atoms with E-state index in [1.54, 1.807) is 60.2 Å². The van der Waals surface area contributed by atoms with Gasteiger partial charge in [0.05, 0.1) is 59.9 Å². The number of benzene rings is 1. The molecule has 20 atom stereocenters. The number of ether oxygens (including phenoxy) is 7. The number of likely N-dealkylation sites (N-methyl/N-ethyl adjacent to an activating group) is 2. The zero-order chi connectivity index (χ0) is 56.2. The molecule has 75 heavy (non-hydrogen) atoms. The lowest BCUT2D eigenvalue weighted by atomic mass is 9.77. The second-order valence-electron chi connectivity index (χ2n) is 22.2. The summed E-state index contributed by atoms with van der Waals surface area (Å²) < 4.78 is 71.2. The molecule has 1 aromatic carbocycles. The summed E-state index contributed by atoms with van der Waals surface area (Å²) in [4.78, 5) is 19.3. The normalized spacial score (nSPS) is 39.0. The van der Waals surface area contributed by atoms with Gasteiger partial charge in [0.15, 0.2) is 12.6 Å². The topological polar surface area (TPSA) is 238 Å². The van der Waals surface area contributed by atoms with Crippen molar-refractivity contribution in [2.24, 2.45) is 22.9 Å². The van der Waals surface area contributed by atoms with E-state index < -0.39 is 127 Å². The Labute approximate surface area is 449 Å². The predicted octanol–water partition coefficient (Wildman–Crippen LogP) is 6.30. The van der Waals surface area contributed by atoms with Crippen molar-refractivity contribution in [3.63, 3.8) is 0 Å². The van der Waals surface area contributed by atoms with Gasteiger partial charge in [-0.25, -0.2) is 9.92 Å². The second kappa shape index (κ2) is 29.1. The SMILES string of the molecule is CC[C@H]1OC(=O)[C@H](C)[C@@H](O[C@H]2C[C@@](C)(OC)[C@@H](O)[C@H](C)O2)[C@H](C)[C@@H](O[C@@H]2O[C@H](C)C[C@H](N(C)CC/C(=C/N[C@H](CF)[C@H](OC)c3ccc(SCCCF)cc3)N=N)[C@H]2O)[C@](C)(O)C[C@@H](C)CN(C)[C@H](C)[C@@H](O)[C@]1(C)O. The molecular weight excluding hydrogens is 997 g/mol. The Bertz CT molecular complexity index is 1930. The summed E-state index contributed by atoms with van der Waals surface area (Å²) in [5.74, 6) is -2.30. The van der Waals surface area contributed by atoms with Crippen molar-refractivity contribution in [3.05, 3.63) is 41.7 Å². The zero-order valence-corrected chi connectivity index (χ0v) is 47.8. The number of methoxy groups -OCH3 is 2. The lowest BCUT2D eigenvalue weighted by Gasteiger charge is -2.49. The molecule has 0 aliphatic carbocycles. The second-order valence-corrected chi connectivity index (χ2v) is 23.4. The molecule has 3 heterocycles. The fourth-order valence-electron chi connectivity index (χ4n) is 11.2. The number of nitrogens with zero attached hydrogens (tertiary/aromatic N) is 3. The highest BCUT2D eigenvalue weighted by Crippen LogP contribution is 2.40. The van der Waals surface area contributed by atoms with E-state index in [4.69, 9.17) is 38.7 Å². The van der Waals surface area contributed by atoms with Gasteiger partial charge in [-0.1, -0.05) is 32.9 Å². The van der Waals surface area contributed by atoms with Crippen LogP contribution in [0.15, 0.2) is 46.2 Å². The third-order valence-corrected chi connectivity index (χ3v) is 17.1. The largest absolute Gasteiger partial charge is 0.459 e. The lowest BCUT2D eigenvalue weighted by molar-refractivity contribution is -0.318. The van der Waals surface area contributed by atoms with Gasteiger partial charge >= 0.3 is 5.97 Å². The van der Waals surface area contributed by atoms with Crippen molar-refractivity contribution in [2.75, 3.05) is 60.5 Å². The van der Waals surface area contributed by atoms with Crippen LogP contribution in [-0.2, 0) is 38.0 Å². The lowest BCUT2D eigenvalue weighted by Crippen LogP contribution is -2.60. The van der Waals surface area contributed by atoms with Gasteiger partial charge in [-0.2, -0.15) is 5.11 Å². The number of thioether (sulfide) groups is 1. The number of halogens is 2. The fourth-order valence-corrected chi connectivity index (χ4v) is 12.0. The van der Waals surface area contributed by atoms with Gasteiger partial charge in [0.2, 0.25) is 0 Å². The molecule has 7 N–H and O–H groups in total. The van der Waals surface area contributed by atoms with Crippen LogP contribution in [0.1, 0.15) is 119 Å². The maximum atomic E-state index is 14.6. The molecule has 18 nitrogen and oxygen atoms in total. The first kappa shape index (κ1) is 65.0. The Morgan fingerprint density at radius 2 is 1.69 bits per heavy atom. The van der Waals surface area contributed by atoms with E-state index in [0.717, 1.165) is 10.5 Å². The van der Waals surface area contributed by atoms with Crippen LogP contribution in [0.4, 0.5) is 8.78 Å². The van der Waals surface area contributed by atoms with Crippen molar-refractivity contribution >= 4 is 17.7 Å². The molecule has 3 aliphatic rings. The summed E-state index contributed by atoms with van der Waals surface area (Å²) in [7, 11) is 6.63. The van der Waals surface area contributed by atoms with E-state index in [1.807, 2.05) is 62.0 Å². The predicted molar refractivity (Wildman–Crippen MR) is 281 cm³/mol. The molecule has 0 aromatic heterocycles. The highest BCUT2D eigenvalue weighted by molar-refractivity contribution is 7.99. The number of carbonyl (C=O) groups is 1. The Morgan fingerprint density at radius 3 is 2.28 bits per heavy atom. The van der Waals surface area contributed by atoms with Gasteiger partial charge < -0.3 is 73.8 Å². The molecule has 3 aliphatic heterocycles. The number of hydrogen-bond acceptors (Lipinski definition) is 19. The minimum Gasteiger partial charge on any atom is -0.459 e. The third kappa shape index (κ3) is 16.8. The highest BCUT2D eigenvalue weighted by atomic mass is 32.2. The van der Waals surface area contributed by atoms with Gasteiger partial charge in [-0.15, -0.1) is 11.8 Å². The van der Waals surface area contributed by atoms with Crippen molar-refractivity contribution in [1.29, 1.82) is 5.53 Å². The Morgan fingerprint density at radius 1 is 1.03 bits per heavy atom. The summed E-state index contributed by atoms with van der Waals surface area (Å²) in [6.45, 7) is 16.8. The van der Waals surface area contributed by atoms with E-state index in [2.05, 4.69) is 10.4 Å². The van der Waals surface area contributed by atoms with Gasteiger partial charge in [0.1, 0.15) is 42.8 Å². The Kier molecular flexibility index (Phi) is 25.3. The number of aliphatic hydroxyl groups excluding tert-OH is 3. The molecule has 0 radical (unpaired) electrons. The maximum absolute atomic E-state index is 14.6. The summed E-state index contributed by atoms with van der Waals surface area (Å²) in [6.07, 6.45) is -8.24. The zero-order valence-electron chi connectivity index (χ0n) is 47.0. The fraction of sp³-hybridized carbons (Fsp3) is 0.833. The highest BCUT2D eigenvalue weighted by Gasteiger charge is 2.53. The first-order chi connectivity index (χ1) is 35.2. The summed E-state index contributed by atoms with van der Waals surface area (Å²) in [6, 6.07) is 5.55. The molecule has 4 rings (SSSR count). The summed E-state index contributed by atoms with van der Waals surface area (Å²) in [5.41, 5.74) is 4.41. The van der Waals surface area contributed by atoms with Crippen molar-refractivity contribution in [3.8, 4) is 0 Å². The van der Waals surface area contributed by atoms with Gasteiger partial charge in [-0.05, 0) is 112 Å². The van der Waals surface area contributed by atoms with Crippen molar-refractivity contribution in [1.82, 2.24) is 15.1 Å². The standard InChI is InChI=1S/C54H93F2N5O13S/c1-15-42-54(10,67)47(63)35(6)61(12)30-31(2)26-52(8,66)49(33(4)45(34(5)50(65)72-42)73-43-27-53(9,69-14)48(64)36(7)71-43)74-51-44(62)41(25-32(3)70-51)60(11)23-21-38(59-57)29-58-40(28-56)46(68-13)37-17-19-39(20-18-37)75-24-16-22-55/h17-20,29,31-36,40-49,51,57-58,62-64,66-67H,15-16,21-28,30H2,1-14H3/b38-29-,59-57?/t31-,32-,33+,34-,35-,36+,40-,41+,42-,43+,44-,45+,46-,47-,48+,49-,51+,52-,53-,54-/m1/s1.